The number of nitrogens with zero attached hydrogens (tertiary/aromatic N) is 1. The summed E-state index contributed by atoms with van der Waals surface area (Å²) in [5.41, 5.74) is 0.229. The van der Waals surface area contributed by atoms with Gasteiger partial charge >= 0.3 is 0 Å². The number of ether oxygens (including phenoxy) is 1. The summed E-state index contributed by atoms with van der Waals surface area (Å²) >= 11 is 5.92. The van der Waals surface area contributed by atoms with Crippen LogP contribution < -0.4 is 9.46 Å². The first-order valence-electron chi connectivity index (χ1n) is 6.78. The van der Waals surface area contributed by atoms with Gasteiger partial charge in [0.05, 0.1) is 19.0 Å². The predicted octanol–water partition coefficient (Wildman–Crippen LogP) is 3.71. The third-order valence-corrected chi connectivity index (χ3v) is 4.96. The van der Waals surface area contributed by atoms with Gasteiger partial charge in [-0.25, -0.2) is 8.42 Å². The van der Waals surface area contributed by atoms with Crippen LogP contribution in [0.15, 0.2) is 50.4 Å². The van der Waals surface area contributed by atoms with E-state index >= 15 is 0 Å². The summed E-state index contributed by atoms with van der Waals surface area (Å²) in [6, 6.07) is 7.58. The van der Waals surface area contributed by atoms with Gasteiger partial charge in [-0.15, -0.1) is 0 Å². The molecule has 0 saturated heterocycles. The molecular formula is C15H13ClN2O5S. The Morgan fingerprint density at radius 1 is 1.21 bits per heavy atom. The zero-order valence-electron chi connectivity index (χ0n) is 12.7. The lowest BCUT2D eigenvalue weighted by atomic mass is 10.3. The zero-order valence-corrected chi connectivity index (χ0v) is 14.3. The van der Waals surface area contributed by atoms with Crippen molar-refractivity contribution in [1.82, 2.24) is 5.16 Å². The van der Waals surface area contributed by atoms with Gasteiger partial charge in [0.15, 0.2) is 5.76 Å². The first kappa shape index (κ1) is 16.4. The largest absolute Gasteiger partial charge is 0.495 e. The Kier molecular flexibility index (Phi) is 4.25. The van der Waals surface area contributed by atoms with Gasteiger partial charge in [0, 0.05) is 17.2 Å². The average Bonchev–Trinajstić information content (AvgIpc) is 3.16. The van der Waals surface area contributed by atoms with Crippen molar-refractivity contribution in [3.8, 4) is 17.3 Å². The van der Waals surface area contributed by atoms with E-state index in [1.165, 1.54) is 25.4 Å². The second-order valence-corrected chi connectivity index (χ2v) is 6.95. The molecule has 0 amide bonds. The first-order valence-corrected chi connectivity index (χ1v) is 8.64. The number of halogens is 1. The molecular weight excluding hydrogens is 356 g/mol. The molecule has 0 spiro atoms. The van der Waals surface area contributed by atoms with Gasteiger partial charge in [0.2, 0.25) is 5.76 Å². The molecule has 0 unspecified atom stereocenters. The van der Waals surface area contributed by atoms with Crippen molar-refractivity contribution >= 4 is 27.3 Å². The lowest BCUT2D eigenvalue weighted by Gasteiger charge is -2.11. The molecule has 126 valence electrons. The van der Waals surface area contributed by atoms with Crippen LogP contribution in [-0.2, 0) is 10.0 Å². The number of benzene rings is 1. The SMILES string of the molecule is COc1ccc(Cl)cc1NS(=O)(=O)c1cc(-c2ccno2)oc1C. The summed E-state index contributed by atoms with van der Waals surface area (Å²) < 4.78 is 43.4. The molecule has 1 aromatic carbocycles. The van der Waals surface area contributed by atoms with Crippen LogP contribution in [0.5, 0.6) is 5.75 Å². The number of nitrogens with one attached hydrogen (secondary N) is 1. The van der Waals surface area contributed by atoms with Crippen molar-refractivity contribution in [3.05, 3.63) is 47.3 Å². The van der Waals surface area contributed by atoms with E-state index < -0.39 is 10.0 Å². The smallest absolute Gasteiger partial charge is 0.265 e. The zero-order chi connectivity index (χ0) is 17.3. The van der Waals surface area contributed by atoms with Gasteiger partial charge in [-0.2, -0.15) is 0 Å². The quantitative estimate of drug-likeness (QED) is 0.737. The van der Waals surface area contributed by atoms with E-state index in [2.05, 4.69) is 9.88 Å². The molecule has 3 rings (SSSR count). The Morgan fingerprint density at radius 2 is 2.00 bits per heavy atom. The van der Waals surface area contributed by atoms with Crippen molar-refractivity contribution in [2.24, 2.45) is 0 Å². The summed E-state index contributed by atoms with van der Waals surface area (Å²) in [5.74, 6) is 1.16. The van der Waals surface area contributed by atoms with Gasteiger partial charge in [0.1, 0.15) is 16.4 Å². The fourth-order valence-corrected chi connectivity index (χ4v) is 3.57. The maximum atomic E-state index is 12.7. The fourth-order valence-electron chi connectivity index (χ4n) is 2.16. The maximum Gasteiger partial charge on any atom is 0.265 e. The maximum absolute atomic E-state index is 12.7. The number of anilines is 1. The van der Waals surface area contributed by atoms with E-state index in [0.29, 0.717) is 16.5 Å². The van der Waals surface area contributed by atoms with Crippen LogP contribution in [0.25, 0.3) is 11.5 Å². The van der Waals surface area contributed by atoms with E-state index in [9.17, 15) is 8.42 Å². The number of sulfonamides is 1. The highest BCUT2D eigenvalue weighted by molar-refractivity contribution is 7.92. The van der Waals surface area contributed by atoms with Crippen molar-refractivity contribution in [2.75, 3.05) is 11.8 Å². The second-order valence-electron chi connectivity index (χ2n) is 4.86. The van der Waals surface area contributed by atoms with Gasteiger partial charge < -0.3 is 13.7 Å². The molecule has 0 bridgehead atoms. The van der Waals surface area contributed by atoms with Crippen molar-refractivity contribution in [3.63, 3.8) is 0 Å². The molecule has 0 radical (unpaired) electrons. The molecule has 2 aromatic heterocycles. The van der Waals surface area contributed by atoms with E-state index in [-0.39, 0.29) is 22.1 Å². The Morgan fingerprint density at radius 3 is 2.67 bits per heavy atom. The number of methoxy groups -OCH3 is 1. The minimum atomic E-state index is -3.91. The summed E-state index contributed by atoms with van der Waals surface area (Å²) in [6.45, 7) is 1.55. The molecule has 3 aromatic rings. The van der Waals surface area contributed by atoms with Crippen LogP contribution in [0.3, 0.4) is 0 Å². The number of aromatic nitrogens is 1. The highest BCUT2D eigenvalue weighted by Crippen LogP contribution is 2.32. The van der Waals surface area contributed by atoms with Gasteiger partial charge in [-0.3, -0.25) is 4.72 Å². The van der Waals surface area contributed by atoms with E-state index in [1.807, 2.05) is 0 Å². The molecule has 2 heterocycles. The van der Waals surface area contributed by atoms with Crippen LogP contribution >= 0.6 is 11.6 Å². The Labute approximate surface area is 143 Å². The highest BCUT2D eigenvalue weighted by Gasteiger charge is 2.24. The summed E-state index contributed by atoms with van der Waals surface area (Å²) in [4.78, 5) is -0.0177. The van der Waals surface area contributed by atoms with Gasteiger partial charge in [0.25, 0.3) is 10.0 Å². The van der Waals surface area contributed by atoms with E-state index in [4.69, 9.17) is 25.3 Å². The Hall–Kier alpha value is -2.45. The monoisotopic (exact) mass is 368 g/mol. The summed E-state index contributed by atoms with van der Waals surface area (Å²) in [6.07, 6.45) is 1.44. The van der Waals surface area contributed by atoms with Gasteiger partial charge in [-0.1, -0.05) is 16.8 Å². The molecule has 1 N–H and O–H groups in total. The van der Waals surface area contributed by atoms with Crippen molar-refractivity contribution in [2.45, 2.75) is 11.8 Å². The molecule has 0 aliphatic rings. The number of furan rings is 1. The Balaban J connectivity index is 1.99. The van der Waals surface area contributed by atoms with E-state index in [0.717, 1.165) is 0 Å². The van der Waals surface area contributed by atoms with Crippen molar-refractivity contribution in [1.29, 1.82) is 0 Å². The third-order valence-electron chi connectivity index (χ3n) is 3.25. The molecule has 9 heteroatoms. The summed E-state index contributed by atoms with van der Waals surface area (Å²) in [5, 5.41) is 3.94. The average molecular weight is 369 g/mol. The molecule has 0 fully saturated rings. The molecule has 0 aliphatic heterocycles. The van der Waals surface area contributed by atoms with E-state index in [1.54, 1.807) is 25.1 Å². The molecule has 0 saturated carbocycles. The van der Waals surface area contributed by atoms with Crippen LogP contribution in [0.1, 0.15) is 5.76 Å². The topological polar surface area (TPSA) is 94.6 Å². The van der Waals surface area contributed by atoms with Crippen LogP contribution in [0.2, 0.25) is 5.02 Å². The lowest BCUT2D eigenvalue weighted by molar-refractivity contribution is 0.414. The van der Waals surface area contributed by atoms with Gasteiger partial charge in [-0.05, 0) is 25.1 Å². The van der Waals surface area contributed by atoms with Crippen LogP contribution in [0.4, 0.5) is 5.69 Å². The number of hydrogen-bond donors (Lipinski definition) is 1. The van der Waals surface area contributed by atoms with Crippen LogP contribution in [-0.4, -0.2) is 20.7 Å². The summed E-state index contributed by atoms with van der Waals surface area (Å²) in [7, 11) is -2.47. The molecule has 0 atom stereocenters. The van der Waals surface area contributed by atoms with Crippen molar-refractivity contribution < 1.29 is 22.1 Å². The standard InChI is InChI=1S/C15H13ClN2O5S/c1-9-15(8-14(22-9)13-5-6-17-23-13)24(19,20)18-11-7-10(16)3-4-12(11)21-2/h3-8,18H,1-2H3. The third kappa shape index (κ3) is 3.10. The molecule has 24 heavy (non-hydrogen) atoms. The minimum Gasteiger partial charge on any atom is -0.495 e. The number of aryl methyl sites for hydroxylation is 1. The Bertz CT molecular complexity index is 964. The number of hydrogen-bond acceptors (Lipinski definition) is 6. The van der Waals surface area contributed by atoms with Crippen LogP contribution in [0, 0.1) is 6.92 Å². The second kappa shape index (κ2) is 6.21. The predicted molar refractivity (Wildman–Crippen MR) is 87.8 cm³/mol. The highest BCUT2D eigenvalue weighted by atomic mass is 35.5. The molecule has 0 aliphatic carbocycles. The lowest BCUT2D eigenvalue weighted by Crippen LogP contribution is -2.13. The number of rotatable bonds is 5. The first-order chi connectivity index (χ1) is 11.4. The molecule has 7 nitrogen and oxygen atoms in total. The normalized spacial score (nSPS) is 11.5. The fraction of sp³-hybridized carbons (Fsp3) is 0.133. The minimum absolute atomic E-state index is 0.0177.